The maximum absolute atomic E-state index is 11.8. The molecule has 0 aliphatic heterocycles. The van der Waals surface area contributed by atoms with E-state index in [0.717, 1.165) is 0 Å². The van der Waals surface area contributed by atoms with Crippen LogP contribution in [-0.2, 0) is 6.54 Å². The lowest BCUT2D eigenvalue weighted by molar-refractivity contribution is -0.384. The predicted molar refractivity (Wildman–Crippen MR) is 70.1 cm³/mol. The summed E-state index contributed by atoms with van der Waals surface area (Å²) in [5.74, 6) is 0. The molecule has 0 saturated heterocycles. The molecule has 0 saturated carbocycles. The van der Waals surface area contributed by atoms with Crippen LogP contribution in [0.3, 0.4) is 0 Å². The van der Waals surface area contributed by atoms with Gasteiger partial charge in [0, 0.05) is 18.7 Å². The number of benzene rings is 1. The largest absolute Gasteiger partial charge is 0.390 e. The number of H-pyrrole nitrogens is 1. The number of rotatable bonds is 4. The van der Waals surface area contributed by atoms with Crippen molar-refractivity contribution in [3.63, 3.8) is 0 Å². The molecule has 0 fully saturated rings. The smallest absolute Gasteiger partial charge is 0.326 e. The first-order chi connectivity index (χ1) is 8.78. The van der Waals surface area contributed by atoms with Gasteiger partial charge < -0.3 is 10.1 Å². The highest BCUT2D eigenvalue weighted by molar-refractivity contribution is 5.77. The molecule has 7 nitrogen and oxygen atoms in total. The Bertz CT molecular complexity index is 678. The fourth-order valence-electron chi connectivity index (χ4n) is 1.87. The summed E-state index contributed by atoms with van der Waals surface area (Å²) < 4.78 is 1.47. The Labute approximate surface area is 108 Å². The van der Waals surface area contributed by atoms with Gasteiger partial charge in [0.2, 0.25) is 0 Å². The van der Waals surface area contributed by atoms with Crippen LogP contribution in [0.1, 0.15) is 20.3 Å². The molecule has 19 heavy (non-hydrogen) atoms. The van der Waals surface area contributed by atoms with E-state index < -0.39 is 10.5 Å². The van der Waals surface area contributed by atoms with Gasteiger partial charge in [-0.1, -0.05) is 0 Å². The topological polar surface area (TPSA) is 101 Å². The van der Waals surface area contributed by atoms with E-state index in [9.17, 15) is 20.0 Å². The molecule has 1 heterocycles. The number of nitro groups is 1. The van der Waals surface area contributed by atoms with Crippen molar-refractivity contribution in [1.29, 1.82) is 0 Å². The summed E-state index contributed by atoms with van der Waals surface area (Å²) in [4.78, 5) is 24.5. The quantitative estimate of drug-likeness (QED) is 0.644. The summed E-state index contributed by atoms with van der Waals surface area (Å²) in [5.41, 5.74) is -0.248. The highest BCUT2D eigenvalue weighted by Crippen LogP contribution is 2.19. The molecule has 2 aromatic rings. The van der Waals surface area contributed by atoms with Gasteiger partial charge in [-0.25, -0.2) is 4.79 Å². The van der Waals surface area contributed by atoms with Crippen LogP contribution >= 0.6 is 0 Å². The fourth-order valence-corrected chi connectivity index (χ4v) is 1.87. The normalized spacial score (nSPS) is 11.9. The summed E-state index contributed by atoms with van der Waals surface area (Å²) >= 11 is 0. The van der Waals surface area contributed by atoms with E-state index in [2.05, 4.69) is 4.98 Å². The minimum Gasteiger partial charge on any atom is -0.390 e. The number of aromatic nitrogens is 2. The van der Waals surface area contributed by atoms with Crippen LogP contribution in [0.4, 0.5) is 5.69 Å². The predicted octanol–water partition coefficient (Wildman–Crippen LogP) is 1.40. The van der Waals surface area contributed by atoms with Gasteiger partial charge in [0.05, 0.1) is 21.6 Å². The molecule has 1 aromatic carbocycles. The fraction of sp³-hybridized carbons (Fsp3) is 0.417. The Balaban J connectivity index is 2.43. The minimum absolute atomic E-state index is 0.0663. The minimum atomic E-state index is -0.871. The number of imidazole rings is 1. The molecular formula is C12H15N3O4. The molecule has 2 N–H and O–H groups in total. The number of nitrogens with one attached hydrogen (secondary N) is 1. The molecule has 0 amide bonds. The van der Waals surface area contributed by atoms with Gasteiger partial charge in [0.15, 0.2) is 0 Å². The SMILES string of the molecule is CC(C)(O)CCn1c(=O)[nH]c2cc([N+](=O)[O-])ccc21. The van der Waals surface area contributed by atoms with Gasteiger partial charge in [0.1, 0.15) is 0 Å². The van der Waals surface area contributed by atoms with Crippen molar-refractivity contribution in [3.05, 3.63) is 38.8 Å². The maximum Gasteiger partial charge on any atom is 0.326 e. The Morgan fingerprint density at radius 1 is 1.47 bits per heavy atom. The third kappa shape index (κ3) is 2.82. The van der Waals surface area contributed by atoms with Crippen LogP contribution in [0.2, 0.25) is 0 Å². The first-order valence-electron chi connectivity index (χ1n) is 5.87. The van der Waals surface area contributed by atoms with Gasteiger partial charge in [-0.05, 0) is 26.3 Å². The first kappa shape index (κ1) is 13.3. The summed E-state index contributed by atoms with van der Waals surface area (Å²) in [5, 5.41) is 20.3. The second-order valence-electron chi connectivity index (χ2n) is 5.10. The zero-order valence-electron chi connectivity index (χ0n) is 10.7. The van der Waals surface area contributed by atoms with Crippen LogP contribution in [0, 0.1) is 10.1 Å². The van der Waals surface area contributed by atoms with E-state index in [1.54, 1.807) is 13.8 Å². The molecule has 0 radical (unpaired) electrons. The second-order valence-corrected chi connectivity index (χ2v) is 5.10. The summed E-state index contributed by atoms with van der Waals surface area (Å²) in [6, 6.07) is 4.23. The number of nitrogens with zero attached hydrogens (tertiary/aromatic N) is 2. The van der Waals surface area contributed by atoms with E-state index in [1.807, 2.05) is 0 Å². The van der Waals surface area contributed by atoms with Crippen molar-refractivity contribution in [2.24, 2.45) is 0 Å². The average molecular weight is 265 g/mol. The lowest BCUT2D eigenvalue weighted by Gasteiger charge is -2.16. The van der Waals surface area contributed by atoms with Gasteiger partial charge in [0.25, 0.3) is 5.69 Å². The zero-order chi connectivity index (χ0) is 14.2. The van der Waals surface area contributed by atoms with E-state index in [0.29, 0.717) is 24.0 Å². The van der Waals surface area contributed by atoms with Crippen LogP contribution < -0.4 is 5.69 Å². The van der Waals surface area contributed by atoms with Gasteiger partial charge >= 0.3 is 5.69 Å². The van der Waals surface area contributed by atoms with E-state index in [4.69, 9.17) is 0 Å². The molecule has 1 aromatic heterocycles. The Morgan fingerprint density at radius 3 is 2.74 bits per heavy atom. The number of aliphatic hydroxyl groups is 1. The maximum atomic E-state index is 11.8. The molecule has 7 heteroatoms. The molecule has 0 aliphatic rings. The zero-order valence-corrected chi connectivity index (χ0v) is 10.7. The number of fused-ring (bicyclic) bond motifs is 1. The highest BCUT2D eigenvalue weighted by Gasteiger charge is 2.16. The Morgan fingerprint density at radius 2 is 2.16 bits per heavy atom. The molecule has 102 valence electrons. The molecule has 0 aliphatic carbocycles. The van der Waals surface area contributed by atoms with E-state index in [-0.39, 0.29) is 11.4 Å². The third-order valence-electron chi connectivity index (χ3n) is 2.92. The number of aryl methyl sites for hydroxylation is 1. The molecule has 0 unspecified atom stereocenters. The van der Waals surface area contributed by atoms with Gasteiger partial charge in [-0.2, -0.15) is 0 Å². The lowest BCUT2D eigenvalue weighted by atomic mass is 10.1. The molecule has 0 spiro atoms. The number of hydrogen-bond acceptors (Lipinski definition) is 4. The van der Waals surface area contributed by atoms with Crippen LogP contribution in [0.5, 0.6) is 0 Å². The van der Waals surface area contributed by atoms with Crippen molar-refractivity contribution in [2.75, 3.05) is 0 Å². The number of hydrogen-bond donors (Lipinski definition) is 2. The second kappa shape index (κ2) is 4.51. The monoisotopic (exact) mass is 265 g/mol. The standard InChI is InChI=1S/C12H15N3O4/c1-12(2,17)5-6-14-10-4-3-8(15(18)19)7-9(10)13-11(14)16/h3-4,7,17H,5-6H2,1-2H3,(H,13,16). The molecule has 2 rings (SSSR count). The van der Waals surface area contributed by atoms with E-state index in [1.165, 1.54) is 22.8 Å². The number of non-ortho nitro benzene ring substituents is 1. The third-order valence-corrected chi connectivity index (χ3v) is 2.92. The highest BCUT2D eigenvalue weighted by atomic mass is 16.6. The van der Waals surface area contributed by atoms with Crippen LogP contribution in [-0.4, -0.2) is 25.2 Å². The van der Waals surface area contributed by atoms with Crippen LogP contribution in [0.25, 0.3) is 11.0 Å². The Kier molecular flexibility index (Phi) is 3.15. The number of aromatic amines is 1. The first-order valence-corrected chi connectivity index (χ1v) is 5.87. The Hall–Kier alpha value is -2.15. The summed E-state index contributed by atoms with van der Waals surface area (Å²) in [6.07, 6.45) is 0.414. The van der Waals surface area contributed by atoms with Crippen LogP contribution in [0.15, 0.2) is 23.0 Å². The van der Waals surface area contributed by atoms with Crippen molar-refractivity contribution in [2.45, 2.75) is 32.4 Å². The van der Waals surface area contributed by atoms with Crippen molar-refractivity contribution in [1.82, 2.24) is 9.55 Å². The van der Waals surface area contributed by atoms with Crippen molar-refractivity contribution < 1.29 is 10.0 Å². The van der Waals surface area contributed by atoms with E-state index >= 15 is 0 Å². The van der Waals surface area contributed by atoms with Gasteiger partial charge in [-0.15, -0.1) is 0 Å². The average Bonchev–Trinajstić information content (AvgIpc) is 2.59. The van der Waals surface area contributed by atoms with Gasteiger partial charge in [-0.3, -0.25) is 14.7 Å². The molecule has 0 bridgehead atoms. The van der Waals surface area contributed by atoms with Crippen molar-refractivity contribution in [3.8, 4) is 0 Å². The summed E-state index contributed by atoms with van der Waals surface area (Å²) in [6.45, 7) is 3.68. The molecular weight excluding hydrogens is 250 g/mol. The van der Waals surface area contributed by atoms with Crippen molar-refractivity contribution >= 4 is 16.7 Å². The molecule has 0 atom stereocenters. The summed E-state index contributed by atoms with van der Waals surface area (Å²) in [7, 11) is 0. The lowest BCUT2D eigenvalue weighted by Crippen LogP contribution is -2.25. The number of nitro benzene ring substituents is 1.